The second-order valence-corrected chi connectivity index (χ2v) is 6.03. The fourth-order valence-corrected chi connectivity index (χ4v) is 2.76. The van der Waals surface area contributed by atoms with Crippen LogP contribution >= 0.6 is 0 Å². The molecule has 1 atom stereocenters. The molecule has 1 saturated heterocycles. The minimum atomic E-state index is -0.101. The minimum Gasteiger partial charge on any atom is -0.376 e. The van der Waals surface area contributed by atoms with Crippen LogP contribution in [0.2, 0.25) is 0 Å². The lowest BCUT2D eigenvalue weighted by molar-refractivity contribution is 0.0858. The standard InChI is InChI=1S/C18H22N4O2/c1-12-9-13(2)21-18(20-12)22-15-6-3-5-14(10-15)17(23)19-11-16-7-4-8-24-16/h3,5-6,9-10,16H,4,7-8,11H2,1-2H3,(H,19,23)(H,20,21,22)/t16-/m0/s1. The fourth-order valence-electron chi connectivity index (χ4n) is 2.76. The number of hydrogen-bond acceptors (Lipinski definition) is 5. The average molecular weight is 326 g/mol. The second-order valence-electron chi connectivity index (χ2n) is 6.03. The summed E-state index contributed by atoms with van der Waals surface area (Å²) >= 11 is 0. The summed E-state index contributed by atoms with van der Waals surface area (Å²) in [6.45, 7) is 5.19. The summed E-state index contributed by atoms with van der Waals surface area (Å²) in [7, 11) is 0. The summed E-state index contributed by atoms with van der Waals surface area (Å²) < 4.78 is 5.52. The van der Waals surface area contributed by atoms with Crippen molar-refractivity contribution in [3.63, 3.8) is 0 Å². The average Bonchev–Trinajstić information content (AvgIpc) is 3.05. The first-order valence-corrected chi connectivity index (χ1v) is 8.19. The van der Waals surface area contributed by atoms with Gasteiger partial charge in [0.25, 0.3) is 5.91 Å². The van der Waals surface area contributed by atoms with Crippen LogP contribution in [0.3, 0.4) is 0 Å². The fraction of sp³-hybridized carbons (Fsp3) is 0.389. The van der Waals surface area contributed by atoms with E-state index < -0.39 is 0 Å². The molecule has 2 N–H and O–H groups in total. The van der Waals surface area contributed by atoms with Crippen molar-refractivity contribution in [3.8, 4) is 0 Å². The van der Waals surface area contributed by atoms with Gasteiger partial charge in [0, 0.05) is 35.8 Å². The molecule has 6 nitrogen and oxygen atoms in total. The Morgan fingerprint density at radius 3 is 2.75 bits per heavy atom. The predicted octanol–water partition coefficient (Wildman–Crippen LogP) is 2.75. The second kappa shape index (κ2) is 7.40. The number of aromatic nitrogens is 2. The number of amides is 1. The first-order chi connectivity index (χ1) is 11.6. The highest BCUT2D eigenvalue weighted by molar-refractivity contribution is 5.95. The third-order valence-electron chi connectivity index (χ3n) is 3.88. The number of carbonyl (C=O) groups excluding carboxylic acids is 1. The lowest BCUT2D eigenvalue weighted by Crippen LogP contribution is -2.31. The normalized spacial score (nSPS) is 16.8. The van der Waals surface area contributed by atoms with E-state index in [4.69, 9.17) is 4.74 Å². The van der Waals surface area contributed by atoms with Crippen LogP contribution in [0.1, 0.15) is 34.6 Å². The molecule has 1 aromatic heterocycles. The zero-order chi connectivity index (χ0) is 16.9. The van der Waals surface area contributed by atoms with Gasteiger partial charge in [-0.15, -0.1) is 0 Å². The smallest absolute Gasteiger partial charge is 0.251 e. The van der Waals surface area contributed by atoms with E-state index in [1.54, 1.807) is 12.1 Å². The zero-order valence-electron chi connectivity index (χ0n) is 14.0. The number of carbonyl (C=O) groups is 1. The molecule has 0 unspecified atom stereocenters. The molecule has 2 heterocycles. The van der Waals surface area contributed by atoms with Gasteiger partial charge in [-0.1, -0.05) is 6.07 Å². The topological polar surface area (TPSA) is 76.1 Å². The van der Waals surface area contributed by atoms with Crippen LogP contribution < -0.4 is 10.6 Å². The highest BCUT2D eigenvalue weighted by Crippen LogP contribution is 2.16. The number of nitrogens with zero attached hydrogens (tertiary/aromatic N) is 2. The Kier molecular flexibility index (Phi) is 5.05. The molecule has 0 aliphatic carbocycles. The highest BCUT2D eigenvalue weighted by Gasteiger charge is 2.16. The van der Waals surface area contributed by atoms with E-state index in [1.807, 2.05) is 32.0 Å². The maximum atomic E-state index is 12.3. The molecule has 0 bridgehead atoms. The van der Waals surface area contributed by atoms with Crippen LogP contribution in [-0.4, -0.2) is 35.1 Å². The molecule has 126 valence electrons. The maximum Gasteiger partial charge on any atom is 0.251 e. The Morgan fingerprint density at radius 1 is 1.25 bits per heavy atom. The molecule has 1 fully saturated rings. The molecule has 24 heavy (non-hydrogen) atoms. The number of anilines is 2. The van der Waals surface area contributed by atoms with Crippen molar-refractivity contribution in [1.82, 2.24) is 15.3 Å². The van der Waals surface area contributed by atoms with Gasteiger partial charge < -0.3 is 15.4 Å². The van der Waals surface area contributed by atoms with E-state index >= 15 is 0 Å². The first kappa shape index (κ1) is 16.4. The molecule has 1 aliphatic heterocycles. The van der Waals surface area contributed by atoms with Gasteiger partial charge in [-0.05, 0) is 51.0 Å². The van der Waals surface area contributed by atoms with Crippen LogP contribution in [0.5, 0.6) is 0 Å². The molecule has 1 aliphatic rings. The summed E-state index contributed by atoms with van der Waals surface area (Å²) in [5.74, 6) is 0.430. The van der Waals surface area contributed by atoms with Crippen molar-refractivity contribution in [3.05, 3.63) is 47.3 Å². The first-order valence-electron chi connectivity index (χ1n) is 8.19. The lowest BCUT2D eigenvalue weighted by atomic mass is 10.1. The van der Waals surface area contributed by atoms with E-state index in [9.17, 15) is 4.79 Å². The number of nitrogens with one attached hydrogen (secondary N) is 2. The van der Waals surface area contributed by atoms with Crippen LogP contribution in [0.25, 0.3) is 0 Å². The quantitative estimate of drug-likeness (QED) is 0.883. The highest BCUT2D eigenvalue weighted by atomic mass is 16.5. The van der Waals surface area contributed by atoms with Gasteiger partial charge in [0.05, 0.1) is 6.10 Å². The van der Waals surface area contributed by atoms with Gasteiger partial charge >= 0.3 is 0 Å². The molecule has 6 heteroatoms. The molecule has 1 amide bonds. The van der Waals surface area contributed by atoms with Gasteiger partial charge in [0.15, 0.2) is 0 Å². The largest absolute Gasteiger partial charge is 0.376 e. The SMILES string of the molecule is Cc1cc(C)nc(Nc2cccc(C(=O)NC[C@@H]3CCCO3)c2)n1. The van der Waals surface area contributed by atoms with Crippen molar-refractivity contribution >= 4 is 17.5 Å². The third-order valence-corrected chi connectivity index (χ3v) is 3.88. The lowest BCUT2D eigenvalue weighted by Gasteiger charge is -2.12. The molecular weight excluding hydrogens is 304 g/mol. The Hall–Kier alpha value is -2.47. The van der Waals surface area contributed by atoms with E-state index in [-0.39, 0.29) is 12.0 Å². The van der Waals surface area contributed by atoms with E-state index in [0.29, 0.717) is 18.1 Å². The number of ether oxygens (including phenoxy) is 1. The Balaban J connectivity index is 1.65. The number of aryl methyl sites for hydroxylation is 2. The molecule has 0 radical (unpaired) electrons. The van der Waals surface area contributed by atoms with Gasteiger partial charge in [-0.3, -0.25) is 4.79 Å². The minimum absolute atomic E-state index is 0.101. The van der Waals surface area contributed by atoms with Crippen molar-refractivity contribution in [2.24, 2.45) is 0 Å². The van der Waals surface area contributed by atoms with Gasteiger partial charge in [-0.25, -0.2) is 9.97 Å². The van der Waals surface area contributed by atoms with Crippen LogP contribution in [0.15, 0.2) is 30.3 Å². The summed E-state index contributed by atoms with van der Waals surface area (Å²) in [6, 6.07) is 9.23. The third kappa shape index (κ3) is 4.29. The molecular formula is C18H22N4O2. The van der Waals surface area contributed by atoms with Gasteiger partial charge in [0.1, 0.15) is 0 Å². The Morgan fingerprint density at radius 2 is 2.04 bits per heavy atom. The summed E-state index contributed by atoms with van der Waals surface area (Å²) in [4.78, 5) is 21.0. The summed E-state index contributed by atoms with van der Waals surface area (Å²) in [6.07, 6.45) is 2.21. The predicted molar refractivity (Wildman–Crippen MR) is 92.5 cm³/mol. The molecule has 2 aromatic rings. The maximum absolute atomic E-state index is 12.3. The van der Waals surface area contributed by atoms with Crippen LogP contribution in [0.4, 0.5) is 11.6 Å². The van der Waals surface area contributed by atoms with Gasteiger partial charge in [0.2, 0.25) is 5.95 Å². The van der Waals surface area contributed by atoms with Crippen LogP contribution in [0, 0.1) is 13.8 Å². The molecule has 1 aromatic carbocycles. The Bertz CT molecular complexity index is 706. The molecule has 3 rings (SSSR count). The van der Waals surface area contributed by atoms with Crippen molar-refractivity contribution in [2.45, 2.75) is 32.8 Å². The molecule has 0 saturated carbocycles. The van der Waals surface area contributed by atoms with Gasteiger partial charge in [-0.2, -0.15) is 0 Å². The number of hydrogen-bond donors (Lipinski definition) is 2. The number of benzene rings is 1. The van der Waals surface area contributed by atoms with Crippen LogP contribution in [-0.2, 0) is 4.74 Å². The number of rotatable bonds is 5. The summed E-state index contributed by atoms with van der Waals surface area (Å²) in [5.41, 5.74) is 3.18. The van der Waals surface area contributed by atoms with Crippen molar-refractivity contribution < 1.29 is 9.53 Å². The van der Waals surface area contributed by atoms with Crippen molar-refractivity contribution in [1.29, 1.82) is 0 Å². The zero-order valence-corrected chi connectivity index (χ0v) is 14.0. The van der Waals surface area contributed by atoms with E-state index in [1.165, 1.54) is 0 Å². The monoisotopic (exact) mass is 326 g/mol. The van der Waals surface area contributed by atoms with Crippen molar-refractivity contribution in [2.75, 3.05) is 18.5 Å². The molecule has 0 spiro atoms. The van der Waals surface area contributed by atoms with E-state index in [2.05, 4.69) is 20.6 Å². The van der Waals surface area contributed by atoms with E-state index in [0.717, 1.165) is 36.5 Å². The summed E-state index contributed by atoms with van der Waals surface area (Å²) in [5, 5.41) is 6.08. The Labute approximate surface area is 141 Å².